The molecule has 2 rings (SSSR count). The molecule has 1 heterocycles. The van der Waals surface area contributed by atoms with E-state index in [9.17, 15) is 5.11 Å². The number of hydrogen-bond donors (Lipinski definition) is 1. The fourth-order valence-electron chi connectivity index (χ4n) is 2.73. The largest absolute Gasteiger partial charge is 0.493 e. The molecule has 1 saturated heterocycles. The van der Waals surface area contributed by atoms with Gasteiger partial charge in [0.2, 0.25) is 5.75 Å². The zero-order valence-electron chi connectivity index (χ0n) is 13.7. The summed E-state index contributed by atoms with van der Waals surface area (Å²) >= 11 is 0. The van der Waals surface area contributed by atoms with Gasteiger partial charge in [-0.05, 0) is 44.0 Å². The highest BCUT2D eigenvalue weighted by Gasteiger charge is 2.19. The molecule has 0 amide bonds. The number of para-hydroxylation sites is 1. The zero-order chi connectivity index (χ0) is 15.9. The SMILES string of the molecule is COc1cccc(OC)c1OC[C@H](O)CN1CCC(C)CC1. The number of ether oxygens (including phenoxy) is 3. The molecule has 5 heteroatoms. The van der Waals surface area contributed by atoms with Crippen LogP contribution in [0.5, 0.6) is 17.2 Å². The lowest BCUT2D eigenvalue weighted by Gasteiger charge is -2.31. The van der Waals surface area contributed by atoms with E-state index in [-0.39, 0.29) is 6.61 Å². The Kier molecular flexibility index (Phi) is 6.34. The second-order valence-electron chi connectivity index (χ2n) is 5.94. The van der Waals surface area contributed by atoms with Gasteiger partial charge in [0.25, 0.3) is 0 Å². The van der Waals surface area contributed by atoms with Gasteiger partial charge in [-0.2, -0.15) is 0 Å². The molecule has 0 spiro atoms. The summed E-state index contributed by atoms with van der Waals surface area (Å²) in [6.07, 6.45) is 1.88. The Hall–Kier alpha value is -1.46. The maximum Gasteiger partial charge on any atom is 0.203 e. The summed E-state index contributed by atoms with van der Waals surface area (Å²) in [6, 6.07) is 5.47. The van der Waals surface area contributed by atoms with Gasteiger partial charge in [-0.15, -0.1) is 0 Å². The maximum absolute atomic E-state index is 10.2. The lowest BCUT2D eigenvalue weighted by atomic mass is 9.99. The van der Waals surface area contributed by atoms with Gasteiger partial charge in [0.1, 0.15) is 12.7 Å². The van der Waals surface area contributed by atoms with Gasteiger partial charge in [0.15, 0.2) is 11.5 Å². The molecule has 0 saturated carbocycles. The van der Waals surface area contributed by atoms with Crippen LogP contribution in [-0.2, 0) is 0 Å². The predicted molar refractivity (Wildman–Crippen MR) is 85.9 cm³/mol. The number of likely N-dealkylation sites (tertiary alicyclic amines) is 1. The first-order chi connectivity index (χ1) is 10.6. The van der Waals surface area contributed by atoms with Crippen LogP contribution in [0, 0.1) is 5.92 Å². The maximum atomic E-state index is 10.2. The van der Waals surface area contributed by atoms with Crippen molar-refractivity contribution in [2.45, 2.75) is 25.9 Å². The highest BCUT2D eigenvalue weighted by molar-refractivity contribution is 5.51. The minimum atomic E-state index is -0.525. The van der Waals surface area contributed by atoms with Crippen LogP contribution in [0.4, 0.5) is 0 Å². The fraction of sp³-hybridized carbons (Fsp3) is 0.647. The van der Waals surface area contributed by atoms with Gasteiger partial charge in [0.05, 0.1) is 14.2 Å². The van der Waals surface area contributed by atoms with Crippen molar-refractivity contribution in [3.05, 3.63) is 18.2 Å². The molecular weight excluding hydrogens is 282 g/mol. The topological polar surface area (TPSA) is 51.2 Å². The van der Waals surface area contributed by atoms with Crippen molar-refractivity contribution in [3.63, 3.8) is 0 Å². The van der Waals surface area contributed by atoms with Gasteiger partial charge in [-0.25, -0.2) is 0 Å². The first kappa shape index (κ1) is 16.9. The molecule has 0 radical (unpaired) electrons. The second kappa shape index (κ2) is 8.25. The average Bonchev–Trinajstić information content (AvgIpc) is 2.54. The number of rotatable bonds is 7. The van der Waals surface area contributed by atoms with Gasteiger partial charge < -0.3 is 24.2 Å². The van der Waals surface area contributed by atoms with E-state index in [0.29, 0.717) is 23.8 Å². The van der Waals surface area contributed by atoms with Crippen LogP contribution in [-0.4, -0.2) is 56.6 Å². The van der Waals surface area contributed by atoms with Gasteiger partial charge in [0, 0.05) is 6.54 Å². The average molecular weight is 309 g/mol. The molecule has 1 fully saturated rings. The van der Waals surface area contributed by atoms with Crippen LogP contribution in [0.1, 0.15) is 19.8 Å². The smallest absolute Gasteiger partial charge is 0.203 e. The van der Waals surface area contributed by atoms with Crippen molar-refractivity contribution in [1.29, 1.82) is 0 Å². The third-order valence-corrected chi connectivity index (χ3v) is 4.15. The number of piperidine rings is 1. The standard InChI is InChI=1S/C17H27NO4/c1-13-7-9-18(10-8-13)11-14(19)12-22-17-15(20-2)5-4-6-16(17)21-3/h4-6,13-14,19H,7-12H2,1-3H3/t14-/m1/s1. The molecule has 5 nitrogen and oxygen atoms in total. The molecule has 1 aromatic rings. The van der Waals surface area contributed by atoms with Crippen molar-refractivity contribution < 1.29 is 19.3 Å². The van der Waals surface area contributed by atoms with E-state index >= 15 is 0 Å². The van der Waals surface area contributed by atoms with E-state index in [1.807, 2.05) is 18.2 Å². The van der Waals surface area contributed by atoms with E-state index in [1.165, 1.54) is 12.8 Å². The molecule has 0 aromatic heterocycles. The monoisotopic (exact) mass is 309 g/mol. The van der Waals surface area contributed by atoms with Crippen molar-refractivity contribution in [3.8, 4) is 17.2 Å². The summed E-state index contributed by atoms with van der Waals surface area (Å²) in [5.41, 5.74) is 0. The Morgan fingerprint density at radius 2 is 1.77 bits per heavy atom. The first-order valence-electron chi connectivity index (χ1n) is 7.88. The molecule has 0 unspecified atom stereocenters. The molecule has 124 valence electrons. The van der Waals surface area contributed by atoms with Crippen LogP contribution in [0.3, 0.4) is 0 Å². The van der Waals surface area contributed by atoms with E-state index in [4.69, 9.17) is 14.2 Å². The molecule has 0 aliphatic carbocycles. The Balaban J connectivity index is 1.87. The molecule has 1 aliphatic rings. The Bertz CT molecular complexity index is 436. The normalized spacial score (nSPS) is 18.0. The first-order valence-corrected chi connectivity index (χ1v) is 7.88. The second-order valence-corrected chi connectivity index (χ2v) is 5.94. The van der Waals surface area contributed by atoms with Crippen molar-refractivity contribution in [2.75, 3.05) is 40.5 Å². The summed E-state index contributed by atoms with van der Waals surface area (Å²) in [6.45, 7) is 5.25. The zero-order valence-corrected chi connectivity index (χ0v) is 13.7. The summed E-state index contributed by atoms with van der Waals surface area (Å²) in [5.74, 6) is 2.55. The van der Waals surface area contributed by atoms with Crippen molar-refractivity contribution in [2.24, 2.45) is 5.92 Å². The van der Waals surface area contributed by atoms with Crippen molar-refractivity contribution in [1.82, 2.24) is 4.90 Å². The number of β-amino-alcohol motifs (C(OH)–C–C–N with tert-alkyl or cyclic N) is 1. The number of nitrogens with zero attached hydrogens (tertiary/aromatic N) is 1. The highest BCUT2D eigenvalue weighted by Crippen LogP contribution is 2.36. The summed E-state index contributed by atoms with van der Waals surface area (Å²) in [5, 5.41) is 10.2. The summed E-state index contributed by atoms with van der Waals surface area (Å²) < 4.78 is 16.3. The highest BCUT2D eigenvalue weighted by atomic mass is 16.5. The van der Waals surface area contributed by atoms with Crippen LogP contribution >= 0.6 is 0 Å². The Morgan fingerprint density at radius 1 is 1.18 bits per heavy atom. The molecule has 0 bridgehead atoms. The lowest BCUT2D eigenvalue weighted by Crippen LogP contribution is -2.40. The minimum Gasteiger partial charge on any atom is -0.493 e. The Labute approximate surface area is 132 Å². The molecule has 1 atom stereocenters. The predicted octanol–water partition coefficient (Wildman–Crippen LogP) is 2.18. The van der Waals surface area contributed by atoms with Gasteiger partial charge in [-0.1, -0.05) is 13.0 Å². The molecule has 1 aromatic carbocycles. The minimum absolute atomic E-state index is 0.225. The van der Waals surface area contributed by atoms with E-state index in [0.717, 1.165) is 19.0 Å². The quantitative estimate of drug-likeness (QED) is 0.836. The van der Waals surface area contributed by atoms with Crippen molar-refractivity contribution >= 4 is 0 Å². The van der Waals surface area contributed by atoms with E-state index < -0.39 is 6.10 Å². The van der Waals surface area contributed by atoms with Crippen LogP contribution in [0.25, 0.3) is 0 Å². The molecule has 1 N–H and O–H groups in total. The van der Waals surface area contributed by atoms with Gasteiger partial charge in [-0.3, -0.25) is 0 Å². The number of aliphatic hydroxyl groups excluding tert-OH is 1. The Morgan fingerprint density at radius 3 is 2.32 bits per heavy atom. The van der Waals surface area contributed by atoms with Crippen LogP contribution < -0.4 is 14.2 Å². The molecule has 1 aliphatic heterocycles. The summed E-state index contributed by atoms with van der Waals surface area (Å²) in [7, 11) is 3.18. The number of methoxy groups -OCH3 is 2. The van der Waals surface area contributed by atoms with E-state index in [2.05, 4.69) is 11.8 Å². The lowest BCUT2D eigenvalue weighted by molar-refractivity contribution is 0.0546. The van der Waals surface area contributed by atoms with Crippen LogP contribution in [0.2, 0.25) is 0 Å². The summed E-state index contributed by atoms with van der Waals surface area (Å²) in [4.78, 5) is 2.30. The third-order valence-electron chi connectivity index (χ3n) is 4.15. The van der Waals surface area contributed by atoms with E-state index in [1.54, 1.807) is 14.2 Å². The van der Waals surface area contributed by atoms with Gasteiger partial charge >= 0.3 is 0 Å². The fourth-order valence-corrected chi connectivity index (χ4v) is 2.73. The van der Waals surface area contributed by atoms with Crippen LogP contribution in [0.15, 0.2) is 18.2 Å². The third kappa shape index (κ3) is 4.52. The number of aliphatic hydroxyl groups is 1. The number of hydrogen-bond acceptors (Lipinski definition) is 5. The molecule has 22 heavy (non-hydrogen) atoms. The molecular formula is C17H27NO4. The number of benzene rings is 1.